The SMILES string of the molecule is C=C1C=CC(c2ccccc2)=NN1C. The zero-order valence-corrected chi connectivity index (χ0v) is 8.14. The molecule has 14 heavy (non-hydrogen) atoms. The molecule has 70 valence electrons. The Morgan fingerprint density at radius 3 is 2.50 bits per heavy atom. The van der Waals surface area contributed by atoms with Crippen LogP contribution < -0.4 is 0 Å². The van der Waals surface area contributed by atoms with Crippen LogP contribution in [-0.4, -0.2) is 17.8 Å². The molecular weight excluding hydrogens is 172 g/mol. The Hall–Kier alpha value is -1.83. The summed E-state index contributed by atoms with van der Waals surface area (Å²) in [6.45, 7) is 3.86. The second kappa shape index (κ2) is 3.50. The van der Waals surface area contributed by atoms with E-state index in [4.69, 9.17) is 0 Å². The molecule has 0 unspecified atom stereocenters. The van der Waals surface area contributed by atoms with Gasteiger partial charge in [0.25, 0.3) is 0 Å². The van der Waals surface area contributed by atoms with Gasteiger partial charge in [0.05, 0.1) is 11.4 Å². The third-order valence-electron chi connectivity index (χ3n) is 2.18. The third-order valence-corrected chi connectivity index (χ3v) is 2.18. The molecule has 1 aromatic rings. The molecule has 1 heterocycles. The lowest BCUT2D eigenvalue weighted by atomic mass is 10.1. The van der Waals surface area contributed by atoms with Crippen molar-refractivity contribution in [1.29, 1.82) is 0 Å². The van der Waals surface area contributed by atoms with Crippen LogP contribution in [0.3, 0.4) is 0 Å². The van der Waals surface area contributed by atoms with Gasteiger partial charge in [-0.3, -0.25) is 5.01 Å². The topological polar surface area (TPSA) is 15.6 Å². The highest BCUT2D eigenvalue weighted by atomic mass is 15.4. The van der Waals surface area contributed by atoms with Crippen LogP contribution in [0.2, 0.25) is 0 Å². The van der Waals surface area contributed by atoms with Crippen LogP contribution in [0.15, 0.2) is 59.9 Å². The molecule has 0 saturated heterocycles. The van der Waals surface area contributed by atoms with E-state index in [1.807, 2.05) is 49.5 Å². The normalized spacial score (nSPS) is 15.6. The number of hydrazone groups is 1. The summed E-state index contributed by atoms with van der Waals surface area (Å²) < 4.78 is 0. The van der Waals surface area contributed by atoms with Crippen LogP contribution >= 0.6 is 0 Å². The van der Waals surface area contributed by atoms with Gasteiger partial charge in [0.2, 0.25) is 0 Å². The zero-order chi connectivity index (χ0) is 9.97. The zero-order valence-electron chi connectivity index (χ0n) is 8.14. The maximum absolute atomic E-state index is 4.40. The number of hydrogen-bond donors (Lipinski definition) is 0. The Morgan fingerprint density at radius 2 is 1.86 bits per heavy atom. The summed E-state index contributed by atoms with van der Waals surface area (Å²) in [6, 6.07) is 10.1. The van der Waals surface area contributed by atoms with Gasteiger partial charge in [0.15, 0.2) is 0 Å². The number of nitrogens with zero attached hydrogens (tertiary/aromatic N) is 2. The van der Waals surface area contributed by atoms with Gasteiger partial charge in [-0.05, 0) is 12.2 Å². The minimum atomic E-state index is 0.907. The van der Waals surface area contributed by atoms with Crippen molar-refractivity contribution >= 4 is 5.71 Å². The maximum Gasteiger partial charge on any atom is 0.0908 e. The van der Waals surface area contributed by atoms with Crippen LogP contribution in [0, 0.1) is 0 Å². The smallest absolute Gasteiger partial charge is 0.0908 e. The van der Waals surface area contributed by atoms with E-state index in [0.29, 0.717) is 0 Å². The molecule has 1 aromatic carbocycles. The molecule has 0 radical (unpaired) electrons. The van der Waals surface area contributed by atoms with Crippen LogP contribution in [0.1, 0.15) is 5.56 Å². The molecule has 1 aliphatic heterocycles. The Balaban J connectivity index is 2.34. The lowest BCUT2D eigenvalue weighted by molar-refractivity contribution is 0.460. The summed E-state index contributed by atoms with van der Waals surface area (Å²) in [5, 5.41) is 6.18. The van der Waals surface area contributed by atoms with Crippen molar-refractivity contribution in [3.8, 4) is 0 Å². The molecule has 0 fully saturated rings. The third kappa shape index (κ3) is 1.59. The van der Waals surface area contributed by atoms with Crippen LogP contribution in [0.4, 0.5) is 0 Å². The molecule has 0 atom stereocenters. The monoisotopic (exact) mass is 184 g/mol. The highest BCUT2D eigenvalue weighted by molar-refractivity contribution is 6.09. The van der Waals surface area contributed by atoms with Crippen molar-refractivity contribution in [3.63, 3.8) is 0 Å². The summed E-state index contributed by atoms with van der Waals surface area (Å²) >= 11 is 0. The molecule has 0 spiro atoms. The number of hydrogen-bond acceptors (Lipinski definition) is 2. The van der Waals surface area contributed by atoms with Gasteiger partial charge in [-0.2, -0.15) is 5.10 Å². The Kier molecular flexibility index (Phi) is 2.19. The fourth-order valence-electron chi connectivity index (χ4n) is 1.31. The fourth-order valence-corrected chi connectivity index (χ4v) is 1.31. The largest absolute Gasteiger partial charge is 0.269 e. The summed E-state index contributed by atoms with van der Waals surface area (Å²) in [6.07, 6.45) is 3.95. The molecule has 0 saturated carbocycles. The quantitative estimate of drug-likeness (QED) is 0.654. The van der Waals surface area contributed by atoms with Crippen molar-refractivity contribution in [2.75, 3.05) is 7.05 Å². The standard InChI is InChI=1S/C12H12N2/c1-10-8-9-12(13-14(10)2)11-6-4-3-5-7-11/h3-9H,1H2,2H3. The molecular formula is C12H12N2. The van der Waals surface area contributed by atoms with E-state index >= 15 is 0 Å². The second-order valence-corrected chi connectivity index (χ2v) is 3.20. The predicted molar refractivity (Wildman–Crippen MR) is 59.0 cm³/mol. The number of likely N-dealkylation sites (N-methyl/N-ethyl adjacent to an activating group) is 1. The molecule has 0 aliphatic carbocycles. The van der Waals surface area contributed by atoms with Crippen LogP contribution in [-0.2, 0) is 0 Å². The minimum Gasteiger partial charge on any atom is -0.269 e. The van der Waals surface area contributed by atoms with E-state index in [2.05, 4.69) is 11.7 Å². The number of rotatable bonds is 1. The molecule has 2 rings (SSSR count). The van der Waals surface area contributed by atoms with E-state index in [0.717, 1.165) is 17.0 Å². The van der Waals surface area contributed by atoms with E-state index < -0.39 is 0 Å². The molecule has 1 aliphatic rings. The lowest BCUT2D eigenvalue weighted by Crippen LogP contribution is -2.16. The highest BCUT2D eigenvalue weighted by Crippen LogP contribution is 2.12. The molecule has 0 bridgehead atoms. The molecule has 2 heteroatoms. The predicted octanol–water partition coefficient (Wildman–Crippen LogP) is 2.41. The van der Waals surface area contributed by atoms with E-state index in [1.54, 1.807) is 5.01 Å². The van der Waals surface area contributed by atoms with Gasteiger partial charge < -0.3 is 0 Å². The number of allylic oxidation sites excluding steroid dienone is 2. The number of benzene rings is 1. The van der Waals surface area contributed by atoms with Crippen LogP contribution in [0.5, 0.6) is 0 Å². The van der Waals surface area contributed by atoms with Crippen molar-refractivity contribution in [2.45, 2.75) is 0 Å². The minimum absolute atomic E-state index is 0.907. The Labute approximate surface area is 83.9 Å². The Morgan fingerprint density at radius 1 is 1.14 bits per heavy atom. The summed E-state index contributed by atoms with van der Waals surface area (Å²) in [4.78, 5) is 0. The average molecular weight is 184 g/mol. The maximum atomic E-state index is 4.40. The highest BCUT2D eigenvalue weighted by Gasteiger charge is 2.07. The van der Waals surface area contributed by atoms with Crippen molar-refractivity contribution < 1.29 is 0 Å². The summed E-state index contributed by atoms with van der Waals surface area (Å²) in [7, 11) is 1.90. The second-order valence-electron chi connectivity index (χ2n) is 3.20. The van der Waals surface area contributed by atoms with Gasteiger partial charge >= 0.3 is 0 Å². The van der Waals surface area contributed by atoms with Gasteiger partial charge in [-0.1, -0.05) is 36.9 Å². The van der Waals surface area contributed by atoms with Crippen molar-refractivity contribution in [2.24, 2.45) is 5.10 Å². The first kappa shape index (κ1) is 8.75. The van der Waals surface area contributed by atoms with E-state index in [1.165, 1.54) is 0 Å². The molecule has 2 nitrogen and oxygen atoms in total. The average Bonchev–Trinajstić information content (AvgIpc) is 2.23. The first-order valence-electron chi connectivity index (χ1n) is 4.52. The van der Waals surface area contributed by atoms with Crippen molar-refractivity contribution in [1.82, 2.24) is 5.01 Å². The summed E-state index contributed by atoms with van der Waals surface area (Å²) in [5.41, 5.74) is 3.01. The lowest BCUT2D eigenvalue weighted by Gasteiger charge is -2.18. The van der Waals surface area contributed by atoms with Gasteiger partial charge in [0.1, 0.15) is 0 Å². The first-order valence-corrected chi connectivity index (χ1v) is 4.52. The molecule has 0 N–H and O–H groups in total. The van der Waals surface area contributed by atoms with Crippen molar-refractivity contribution in [3.05, 3.63) is 60.3 Å². The fraction of sp³-hybridized carbons (Fsp3) is 0.0833. The van der Waals surface area contributed by atoms with Gasteiger partial charge in [-0.25, -0.2) is 0 Å². The Bertz CT molecular complexity index is 402. The van der Waals surface area contributed by atoms with Gasteiger partial charge in [-0.15, -0.1) is 0 Å². The van der Waals surface area contributed by atoms with Gasteiger partial charge in [0, 0.05) is 12.6 Å². The van der Waals surface area contributed by atoms with E-state index in [9.17, 15) is 0 Å². The molecule has 0 amide bonds. The van der Waals surface area contributed by atoms with E-state index in [-0.39, 0.29) is 0 Å². The molecule has 0 aromatic heterocycles. The summed E-state index contributed by atoms with van der Waals surface area (Å²) in [5.74, 6) is 0. The van der Waals surface area contributed by atoms with Crippen LogP contribution in [0.25, 0.3) is 0 Å². The first-order chi connectivity index (χ1) is 6.77.